The van der Waals surface area contributed by atoms with Gasteiger partial charge in [-0.05, 0) is 31.4 Å². The van der Waals surface area contributed by atoms with Crippen LogP contribution in [0.5, 0.6) is 0 Å². The number of aromatic nitrogens is 1. The molecule has 0 aliphatic carbocycles. The van der Waals surface area contributed by atoms with Gasteiger partial charge >= 0.3 is 0 Å². The summed E-state index contributed by atoms with van der Waals surface area (Å²) in [6.07, 6.45) is 1.36. The van der Waals surface area contributed by atoms with Crippen molar-refractivity contribution >= 4 is 9.84 Å². The lowest BCUT2D eigenvalue weighted by atomic mass is 10.1. The first-order valence-corrected chi connectivity index (χ1v) is 8.24. The Morgan fingerprint density at radius 3 is 2.63 bits per heavy atom. The Hall–Kier alpha value is -1.32. The van der Waals surface area contributed by atoms with Crippen molar-refractivity contribution in [3.8, 4) is 6.07 Å². The van der Waals surface area contributed by atoms with E-state index in [0.29, 0.717) is 25.1 Å². The molecule has 0 radical (unpaired) electrons. The van der Waals surface area contributed by atoms with Gasteiger partial charge in [0.2, 0.25) is 0 Å². The Labute approximate surface area is 114 Å². The van der Waals surface area contributed by atoms with Gasteiger partial charge in [0.1, 0.15) is 21.6 Å². The zero-order valence-electron chi connectivity index (χ0n) is 11.3. The van der Waals surface area contributed by atoms with Crippen LogP contribution < -0.4 is 5.32 Å². The molecule has 1 aromatic heterocycles. The Balaban J connectivity index is 1.95. The third kappa shape index (κ3) is 3.17. The highest BCUT2D eigenvalue weighted by molar-refractivity contribution is 7.91. The Bertz CT molecular complexity index is 597. The summed E-state index contributed by atoms with van der Waals surface area (Å²) in [6.45, 7) is 2.68. The summed E-state index contributed by atoms with van der Waals surface area (Å²) in [4.78, 5) is 0. The summed E-state index contributed by atoms with van der Waals surface area (Å²) in [5.74, 6) is 0.559. The molecule has 0 saturated carbocycles. The van der Waals surface area contributed by atoms with Gasteiger partial charge in [-0.15, -0.1) is 0 Å². The van der Waals surface area contributed by atoms with Crippen LogP contribution in [0.4, 0.5) is 0 Å². The average Bonchev–Trinajstić information content (AvgIpc) is 2.65. The van der Waals surface area contributed by atoms with Crippen LogP contribution in [0, 0.1) is 18.3 Å². The van der Waals surface area contributed by atoms with Crippen LogP contribution in [0.1, 0.15) is 29.8 Å². The number of nitrogens with one attached hydrogen (secondary N) is 1. The van der Waals surface area contributed by atoms with Crippen LogP contribution in [0.25, 0.3) is 0 Å². The van der Waals surface area contributed by atoms with Crippen LogP contribution in [-0.2, 0) is 23.4 Å². The zero-order chi connectivity index (χ0) is 14.0. The largest absolute Gasteiger partial charge is 0.340 e. The standard InChI is InChI=1S/C13H19N3O2S/c1-10-11(7-13(8-14)16(10)2)9-15-12-3-5-19(17,18)6-4-12/h7,12,15H,3-6,9H2,1-2H3. The van der Waals surface area contributed by atoms with E-state index in [4.69, 9.17) is 5.26 Å². The molecule has 104 valence electrons. The van der Waals surface area contributed by atoms with Gasteiger partial charge in [-0.1, -0.05) is 0 Å². The van der Waals surface area contributed by atoms with Crippen LogP contribution in [0.2, 0.25) is 0 Å². The Kier molecular flexibility index (Phi) is 3.97. The van der Waals surface area contributed by atoms with Gasteiger partial charge in [0.25, 0.3) is 0 Å². The normalized spacial score (nSPS) is 19.2. The molecular formula is C13H19N3O2S. The van der Waals surface area contributed by atoms with Crippen molar-refractivity contribution in [2.45, 2.75) is 32.4 Å². The van der Waals surface area contributed by atoms with Crippen LogP contribution in [-0.4, -0.2) is 30.5 Å². The molecule has 1 aromatic rings. The first-order chi connectivity index (χ1) is 8.93. The van der Waals surface area contributed by atoms with Gasteiger partial charge in [-0.25, -0.2) is 8.42 Å². The fraction of sp³-hybridized carbons (Fsp3) is 0.615. The van der Waals surface area contributed by atoms with Crippen molar-refractivity contribution in [1.82, 2.24) is 9.88 Å². The summed E-state index contributed by atoms with van der Waals surface area (Å²) in [7, 11) is -0.921. The summed E-state index contributed by atoms with van der Waals surface area (Å²) in [6, 6.07) is 4.31. The lowest BCUT2D eigenvalue weighted by molar-refractivity contribution is 0.462. The maximum atomic E-state index is 11.3. The van der Waals surface area contributed by atoms with Gasteiger partial charge in [0.15, 0.2) is 0 Å². The molecule has 0 aromatic carbocycles. The SMILES string of the molecule is Cc1c(CNC2CCS(=O)(=O)CC2)cc(C#N)n1C. The minimum Gasteiger partial charge on any atom is -0.340 e. The molecule has 5 nitrogen and oxygen atoms in total. The minimum atomic E-state index is -2.80. The molecule has 0 spiro atoms. The van der Waals surface area contributed by atoms with Crippen LogP contribution in [0.3, 0.4) is 0 Å². The summed E-state index contributed by atoms with van der Waals surface area (Å²) < 4.78 is 24.6. The lowest BCUT2D eigenvalue weighted by Gasteiger charge is -2.23. The van der Waals surface area contributed by atoms with Gasteiger partial charge in [-0.2, -0.15) is 5.26 Å². The first-order valence-electron chi connectivity index (χ1n) is 6.42. The maximum Gasteiger partial charge on any atom is 0.150 e. The predicted octanol–water partition coefficient (Wildman–Crippen LogP) is 0.872. The molecule has 1 aliphatic heterocycles. The number of rotatable bonds is 3. The zero-order valence-corrected chi connectivity index (χ0v) is 12.1. The summed E-state index contributed by atoms with van der Waals surface area (Å²) in [5, 5.41) is 12.4. The summed E-state index contributed by atoms with van der Waals surface area (Å²) >= 11 is 0. The first kappa shape index (κ1) is 14.1. The quantitative estimate of drug-likeness (QED) is 0.892. The number of hydrogen-bond donors (Lipinski definition) is 1. The molecule has 2 rings (SSSR count). The van der Waals surface area contributed by atoms with Crippen molar-refractivity contribution in [2.75, 3.05) is 11.5 Å². The third-order valence-electron chi connectivity index (χ3n) is 3.89. The molecule has 1 aliphatic rings. The van der Waals surface area contributed by atoms with E-state index in [0.717, 1.165) is 11.3 Å². The minimum absolute atomic E-state index is 0.258. The number of nitrogens with zero attached hydrogens (tertiary/aromatic N) is 2. The van der Waals surface area contributed by atoms with E-state index in [1.807, 2.05) is 24.6 Å². The molecule has 0 amide bonds. The molecule has 2 heterocycles. The van der Waals surface area contributed by atoms with Crippen molar-refractivity contribution in [3.05, 3.63) is 23.0 Å². The second-order valence-corrected chi connectivity index (χ2v) is 7.42. The van der Waals surface area contributed by atoms with Crippen LogP contribution >= 0.6 is 0 Å². The van der Waals surface area contributed by atoms with E-state index < -0.39 is 9.84 Å². The second kappa shape index (κ2) is 5.35. The molecular weight excluding hydrogens is 262 g/mol. The van der Waals surface area contributed by atoms with Crippen molar-refractivity contribution in [2.24, 2.45) is 7.05 Å². The summed E-state index contributed by atoms with van der Waals surface area (Å²) in [5.41, 5.74) is 2.83. The van der Waals surface area contributed by atoms with Gasteiger partial charge in [0, 0.05) is 25.3 Å². The maximum absolute atomic E-state index is 11.3. The van der Waals surface area contributed by atoms with Crippen molar-refractivity contribution < 1.29 is 8.42 Å². The van der Waals surface area contributed by atoms with Crippen molar-refractivity contribution in [3.63, 3.8) is 0 Å². The fourth-order valence-electron chi connectivity index (χ4n) is 2.40. The van der Waals surface area contributed by atoms with Gasteiger partial charge in [-0.3, -0.25) is 0 Å². The molecule has 1 fully saturated rings. The molecule has 1 N–H and O–H groups in total. The average molecular weight is 281 g/mol. The molecule has 0 atom stereocenters. The topological polar surface area (TPSA) is 74.9 Å². The highest BCUT2D eigenvalue weighted by Gasteiger charge is 2.23. The van der Waals surface area contributed by atoms with Gasteiger partial charge < -0.3 is 9.88 Å². The van der Waals surface area contributed by atoms with Gasteiger partial charge in [0.05, 0.1) is 11.5 Å². The van der Waals surface area contributed by atoms with E-state index in [2.05, 4.69) is 11.4 Å². The molecule has 19 heavy (non-hydrogen) atoms. The Morgan fingerprint density at radius 1 is 1.47 bits per heavy atom. The van der Waals surface area contributed by atoms with E-state index in [1.165, 1.54) is 0 Å². The number of sulfone groups is 1. The number of nitriles is 1. The third-order valence-corrected chi connectivity index (χ3v) is 5.61. The molecule has 6 heteroatoms. The van der Waals surface area contributed by atoms with Crippen LogP contribution in [0.15, 0.2) is 6.07 Å². The monoisotopic (exact) mass is 281 g/mol. The highest BCUT2D eigenvalue weighted by Crippen LogP contribution is 2.16. The van der Waals surface area contributed by atoms with E-state index in [-0.39, 0.29) is 17.5 Å². The van der Waals surface area contributed by atoms with E-state index in [1.54, 1.807) is 0 Å². The molecule has 0 bridgehead atoms. The second-order valence-electron chi connectivity index (χ2n) is 5.12. The number of hydrogen-bond acceptors (Lipinski definition) is 4. The fourth-order valence-corrected chi connectivity index (χ4v) is 3.89. The molecule has 1 saturated heterocycles. The Morgan fingerprint density at radius 2 is 2.11 bits per heavy atom. The van der Waals surface area contributed by atoms with Crippen molar-refractivity contribution in [1.29, 1.82) is 5.26 Å². The molecule has 0 unspecified atom stereocenters. The lowest BCUT2D eigenvalue weighted by Crippen LogP contribution is -2.37. The van der Waals surface area contributed by atoms with E-state index in [9.17, 15) is 8.42 Å². The van der Waals surface area contributed by atoms with E-state index >= 15 is 0 Å². The highest BCUT2D eigenvalue weighted by atomic mass is 32.2. The smallest absolute Gasteiger partial charge is 0.150 e. The predicted molar refractivity (Wildman–Crippen MR) is 73.4 cm³/mol.